The Morgan fingerprint density at radius 2 is 2.33 bits per heavy atom. The van der Waals surface area contributed by atoms with Crippen LogP contribution in [0.3, 0.4) is 0 Å². The number of aryl methyl sites for hydroxylation is 1. The molecule has 0 aromatic carbocycles. The Bertz CT molecular complexity index is 356. The van der Waals surface area contributed by atoms with Crippen LogP contribution in [0.2, 0.25) is 0 Å². The molecule has 1 aromatic heterocycles. The topological polar surface area (TPSA) is 74.1 Å². The number of hydrogen-bond acceptors (Lipinski definition) is 5. The highest BCUT2D eigenvalue weighted by molar-refractivity contribution is 7.85. The van der Waals surface area contributed by atoms with Crippen LogP contribution in [0.5, 0.6) is 0 Å². The number of rotatable bonds is 3. The first kappa shape index (κ1) is 9.14. The van der Waals surface area contributed by atoms with Crippen molar-refractivity contribution in [3.05, 3.63) is 11.9 Å². The molecule has 0 radical (unpaired) electrons. The standard InChI is InChI=1S/C5H9N3O3S/c1-8-3-5(6-7-8)4-12(9,10)11-2/h3H,4H2,1-2H3. The summed E-state index contributed by atoms with van der Waals surface area (Å²) >= 11 is 0. The van der Waals surface area contributed by atoms with Crippen LogP contribution in [0.25, 0.3) is 0 Å². The van der Waals surface area contributed by atoms with Crippen molar-refractivity contribution in [2.24, 2.45) is 7.05 Å². The van der Waals surface area contributed by atoms with Gasteiger partial charge in [0, 0.05) is 13.2 Å². The van der Waals surface area contributed by atoms with Crippen LogP contribution in [0.15, 0.2) is 6.20 Å². The fourth-order valence-electron chi connectivity index (χ4n) is 0.701. The summed E-state index contributed by atoms with van der Waals surface area (Å²) in [6.07, 6.45) is 1.52. The minimum atomic E-state index is -3.48. The highest BCUT2D eigenvalue weighted by atomic mass is 32.2. The summed E-state index contributed by atoms with van der Waals surface area (Å²) in [5.41, 5.74) is 0.374. The zero-order valence-corrected chi connectivity index (χ0v) is 7.58. The molecule has 0 amide bonds. The predicted octanol–water partition coefficient (Wildman–Crippen LogP) is -0.709. The Kier molecular flexibility index (Phi) is 2.43. The van der Waals surface area contributed by atoms with Gasteiger partial charge < -0.3 is 0 Å². The maximum atomic E-state index is 10.9. The van der Waals surface area contributed by atoms with Crippen molar-refractivity contribution in [1.82, 2.24) is 15.0 Å². The minimum Gasteiger partial charge on any atom is -0.273 e. The predicted molar refractivity (Wildman–Crippen MR) is 40.6 cm³/mol. The summed E-state index contributed by atoms with van der Waals surface area (Å²) in [4.78, 5) is 0. The lowest BCUT2D eigenvalue weighted by molar-refractivity contribution is 0.396. The maximum absolute atomic E-state index is 10.9. The van der Waals surface area contributed by atoms with E-state index in [4.69, 9.17) is 0 Å². The van der Waals surface area contributed by atoms with Gasteiger partial charge in [0.15, 0.2) is 0 Å². The van der Waals surface area contributed by atoms with Crippen molar-refractivity contribution in [1.29, 1.82) is 0 Å². The van der Waals surface area contributed by atoms with Crippen molar-refractivity contribution in [2.75, 3.05) is 7.11 Å². The second-order valence-corrected chi connectivity index (χ2v) is 3.99. The van der Waals surface area contributed by atoms with Gasteiger partial charge in [-0.2, -0.15) is 8.42 Å². The molecule has 0 atom stereocenters. The van der Waals surface area contributed by atoms with Crippen molar-refractivity contribution in [2.45, 2.75) is 5.75 Å². The van der Waals surface area contributed by atoms with Gasteiger partial charge in [-0.05, 0) is 0 Å². The summed E-state index contributed by atoms with van der Waals surface area (Å²) < 4.78 is 27.4. The second kappa shape index (κ2) is 3.20. The molecule has 0 aliphatic heterocycles. The third-order valence-electron chi connectivity index (χ3n) is 1.23. The van der Waals surface area contributed by atoms with E-state index < -0.39 is 10.1 Å². The Morgan fingerprint density at radius 1 is 1.67 bits per heavy atom. The van der Waals surface area contributed by atoms with Gasteiger partial charge in [-0.25, -0.2) is 0 Å². The molecule has 1 aromatic rings. The first-order valence-corrected chi connectivity index (χ1v) is 4.75. The third kappa shape index (κ3) is 2.28. The molecular formula is C5H9N3O3S. The van der Waals surface area contributed by atoms with Gasteiger partial charge in [-0.1, -0.05) is 5.21 Å². The molecule has 0 aliphatic rings. The van der Waals surface area contributed by atoms with Crippen LogP contribution < -0.4 is 0 Å². The summed E-state index contributed by atoms with van der Waals surface area (Å²) in [5, 5.41) is 7.18. The van der Waals surface area contributed by atoms with Crippen molar-refractivity contribution < 1.29 is 12.6 Å². The quantitative estimate of drug-likeness (QED) is 0.590. The van der Waals surface area contributed by atoms with Gasteiger partial charge in [0.2, 0.25) is 0 Å². The monoisotopic (exact) mass is 191 g/mol. The van der Waals surface area contributed by atoms with Gasteiger partial charge in [-0.3, -0.25) is 8.86 Å². The van der Waals surface area contributed by atoms with E-state index in [0.717, 1.165) is 7.11 Å². The molecule has 1 heterocycles. The summed E-state index contributed by atoms with van der Waals surface area (Å²) in [5.74, 6) is -0.239. The van der Waals surface area contributed by atoms with Crippen LogP contribution >= 0.6 is 0 Å². The number of nitrogens with zero attached hydrogens (tertiary/aromatic N) is 3. The molecule has 7 heteroatoms. The van der Waals surface area contributed by atoms with E-state index in [9.17, 15) is 8.42 Å². The normalized spacial score (nSPS) is 11.8. The summed E-state index contributed by atoms with van der Waals surface area (Å²) in [6, 6.07) is 0. The average molecular weight is 191 g/mol. The van der Waals surface area contributed by atoms with E-state index in [0.29, 0.717) is 5.69 Å². The molecule has 6 nitrogen and oxygen atoms in total. The van der Waals surface area contributed by atoms with E-state index in [-0.39, 0.29) is 5.75 Å². The van der Waals surface area contributed by atoms with Crippen LogP contribution in [-0.4, -0.2) is 30.5 Å². The Labute approximate surface area is 70.3 Å². The fourth-order valence-corrected chi connectivity index (χ4v) is 1.31. The zero-order valence-electron chi connectivity index (χ0n) is 6.76. The molecule has 0 saturated carbocycles. The lowest BCUT2D eigenvalue weighted by atomic mass is 10.6. The van der Waals surface area contributed by atoms with Gasteiger partial charge in [0.25, 0.3) is 10.1 Å². The van der Waals surface area contributed by atoms with Crippen molar-refractivity contribution in [3.8, 4) is 0 Å². The molecule has 0 saturated heterocycles. The number of hydrogen-bond donors (Lipinski definition) is 0. The Balaban J connectivity index is 2.77. The smallest absolute Gasteiger partial charge is 0.272 e. The SMILES string of the molecule is COS(=O)(=O)Cc1cn(C)nn1. The first-order valence-electron chi connectivity index (χ1n) is 3.17. The molecular weight excluding hydrogens is 182 g/mol. The molecule has 0 aliphatic carbocycles. The van der Waals surface area contributed by atoms with E-state index >= 15 is 0 Å². The molecule has 0 unspecified atom stereocenters. The van der Waals surface area contributed by atoms with Gasteiger partial charge in [-0.15, -0.1) is 5.10 Å². The van der Waals surface area contributed by atoms with Gasteiger partial charge in [0.05, 0.1) is 7.11 Å². The highest BCUT2D eigenvalue weighted by Crippen LogP contribution is 2.01. The molecule has 0 fully saturated rings. The molecule has 0 N–H and O–H groups in total. The third-order valence-corrected chi connectivity index (χ3v) is 2.39. The van der Waals surface area contributed by atoms with E-state index in [1.807, 2.05) is 0 Å². The zero-order chi connectivity index (χ0) is 9.19. The summed E-state index contributed by atoms with van der Waals surface area (Å²) in [6.45, 7) is 0. The molecule has 0 bridgehead atoms. The lowest BCUT2D eigenvalue weighted by Gasteiger charge is -1.95. The largest absolute Gasteiger partial charge is 0.273 e. The van der Waals surface area contributed by atoms with Crippen LogP contribution in [0.4, 0.5) is 0 Å². The average Bonchev–Trinajstić information content (AvgIpc) is 2.35. The van der Waals surface area contributed by atoms with Crippen molar-refractivity contribution >= 4 is 10.1 Å². The van der Waals surface area contributed by atoms with E-state index in [1.165, 1.54) is 10.9 Å². The van der Waals surface area contributed by atoms with E-state index in [2.05, 4.69) is 14.5 Å². The molecule has 0 spiro atoms. The maximum Gasteiger partial charge on any atom is 0.272 e. The van der Waals surface area contributed by atoms with Crippen molar-refractivity contribution in [3.63, 3.8) is 0 Å². The Morgan fingerprint density at radius 3 is 2.75 bits per heavy atom. The molecule has 1 rings (SSSR count). The minimum absolute atomic E-state index is 0.239. The molecule has 12 heavy (non-hydrogen) atoms. The van der Waals surface area contributed by atoms with Gasteiger partial charge >= 0.3 is 0 Å². The summed E-state index contributed by atoms with van der Waals surface area (Å²) in [7, 11) is -0.696. The van der Waals surface area contributed by atoms with Crippen LogP contribution in [0, 0.1) is 0 Å². The fraction of sp³-hybridized carbons (Fsp3) is 0.600. The van der Waals surface area contributed by atoms with E-state index in [1.54, 1.807) is 7.05 Å². The van der Waals surface area contributed by atoms with Crippen LogP contribution in [0.1, 0.15) is 5.69 Å². The highest BCUT2D eigenvalue weighted by Gasteiger charge is 2.12. The first-order chi connectivity index (χ1) is 5.53. The Hall–Kier alpha value is -0.950. The number of aromatic nitrogens is 3. The van der Waals surface area contributed by atoms with Gasteiger partial charge in [0.1, 0.15) is 11.4 Å². The second-order valence-electron chi connectivity index (χ2n) is 2.25. The van der Waals surface area contributed by atoms with Crippen LogP contribution in [-0.2, 0) is 27.1 Å². The molecule has 68 valence electrons. The lowest BCUT2D eigenvalue weighted by Crippen LogP contribution is -2.05.